The topological polar surface area (TPSA) is 100 Å². The van der Waals surface area contributed by atoms with Crippen LogP contribution in [-0.2, 0) is 6.42 Å². The number of amides is 1. The maximum atomic E-state index is 12.9. The van der Waals surface area contributed by atoms with E-state index in [2.05, 4.69) is 15.4 Å². The van der Waals surface area contributed by atoms with Crippen LogP contribution in [0.2, 0.25) is 0 Å². The summed E-state index contributed by atoms with van der Waals surface area (Å²) in [6, 6.07) is 10.7. The first-order chi connectivity index (χ1) is 12.1. The van der Waals surface area contributed by atoms with Gasteiger partial charge in [0.1, 0.15) is 5.82 Å². The molecule has 0 radical (unpaired) electrons. The van der Waals surface area contributed by atoms with Gasteiger partial charge in [0.25, 0.3) is 5.91 Å². The Labute approximate surface area is 142 Å². The first-order valence-electron chi connectivity index (χ1n) is 7.49. The predicted octanol–water partition coefficient (Wildman–Crippen LogP) is 1.90. The highest BCUT2D eigenvalue weighted by molar-refractivity contribution is 6.03. The third kappa shape index (κ3) is 3.81. The highest BCUT2D eigenvalue weighted by Crippen LogP contribution is 2.18. The number of carbonyl (C=O) groups excluding carboxylic acids is 1. The molecule has 0 unspecified atom stereocenters. The molecule has 8 heteroatoms. The molecule has 3 rings (SSSR count). The van der Waals surface area contributed by atoms with Gasteiger partial charge in [-0.05, 0) is 36.2 Å². The Hall–Kier alpha value is -3.26. The molecule has 1 aromatic carbocycles. The average Bonchev–Trinajstić information content (AvgIpc) is 3.00. The molecule has 3 N–H and O–H groups in total. The summed E-state index contributed by atoms with van der Waals surface area (Å²) >= 11 is 0. The second-order valence-electron chi connectivity index (χ2n) is 5.26. The summed E-state index contributed by atoms with van der Waals surface area (Å²) in [5.41, 5.74) is 1.49. The van der Waals surface area contributed by atoms with E-state index in [1.165, 1.54) is 18.2 Å². The van der Waals surface area contributed by atoms with E-state index in [0.717, 1.165) is 16.4 Å². The highest BCUT2D eigenvalue weighted by Gasteiger charge is 2.16. The summed E-state index contributed by atoms with van der Waals surface area (Å²) < 4.78 is 14.0. The van der Waals surface area contributed by atoms with Gasteiger partial charge in [-0.2, -0.15) is 9.78 Å². The van der Waals surface area contributed by atoms with Crippen LogP contribution in [0.15, 0.2) is 48.7 Å². The zero-order chi connectivity index (χ0) is 17.8. The fourth-order valence-electron chi connectivity index (χ4n) is 2.22. The molecule has 7 nitrogen and oxygen atoms in total. The first-order valence-corrected chi connectivity index (χ1v) is 7.49. The number of nitrogens with zero attached hydrogens (tertiary/aromatic N) is 3. The summed E-state index contributed by atoms with van der Waals surface area (Å²) in [5, 5.41) is 25.5. The number of anilines is 1. The normalized spacial score (nSPS) is 10.6. The molecule has 0 bridgehead atoms. The van der Waals surface area contributed by atoms with Gasteiger partial charge in [-0.15, -0.1) is 0 Å². The van der Waals surface area contributed by atoms with Gasteiger partial charge in [0.2, 0.25) is 5.88 Å². The molecular weight excluding hydrogens is 327 g/mol. The fourth-order valence-corrected chi connectivity index (χ4v) is 2.22. The fraction of sp³-hybridized carbons (Fsp3) is 0.118. The number of hydrogen-bond acceptors (Lipinski definition) is 5. The number of rotatable bonds is 5. The molecule has 0 aliphatic rings. The summed E-state index contributed by atoms with van der Waals surface area (Å²) in [5.74, 6) is -1.13. The number of pyridine rings is 1. The third-order valence-electron chi connectivity index (χ3n) is 3.46. The van der Waals surface area contributed by atoms with E-state index >= 15 is 0 Å². The van der Waals surface area contributed by atoms with E-state index in [1.807, 2.05) is 0 Å². The van der Waals surface area contributed by atoms with Crippen LogP contribution in [0.25, 0.3) is 5.82 Å². The van der Waals surface area contributed by atoms with Crippen molar-refractivity contribution in [2.45, 2.75) is 6.42 Å². The van der Waals surface area contributed by atoms with Crippen molar-refractivity contribution in [2.75, 3.05) is 11.9 Å². The van der Waals surface area contributed by atoms with E-state index in [1.54, 1.807) is 24.3 Å². The lowest BCUT2D eigenvalue weighted by atomic mass is 10.1. The first kappa shape index (κ1) is 16.6. The minimum atomic E-state index is -0.516. The van der Waals surface area contributed by atoms with Crippen LogP contribution < -0.4 is 5.32 Å². The molecule has 0 saturated carbocycles. The van der Waals surface area contributed by atoms with Gasteiger partial charge in [-0.25, -0.2) is 9.37 Å². The summed E-state index contributed by atoms with van der Waals surface area (Å²) in [7, 11) is 0. The highest BCUT2D eigenvalue weighted by atomic mass is 19.1. The molecule has 2 aromatic heterocycles. The lowest BCUT2D eigenvalue weighted by molar-refractivity contribution is 0.102. The van der Waals surface area contributed by atoms with E-state index in [-0.39, 0.29) is 24.0 Å². The van der Waals surface area contributed by atoms with Crippen LogP contribution >= 0.6 is 0 Å². The number of aromatic hydroxyl groups is 1. The van der Waals surface area contributed by atoms with Crippen molar-refractivity contribution in [3.8, 4) is 11.7 Å². The zero-order valence-electron chi connectivity index (χ0n) is 13.1. The Morgan fingerprint density at radius 1 is 1.20 bits per heavy atom. The molecule has 2 heterocycles. The zero-order valence-corrected chi connectivity index (χ0v) is 13.1. The van der Waals surface area contributed by atoms with E-state index in [0.29, 0.717) is 12.1 Å². The minimum absolute atomic E-state index is 0.0111. The number of aromatic nitrogens is 3. The quantitative estimate of drug-likeness (QED) is 0.657. The Balaban J connectivity index is 1.76. The molecule has 0 aliphatic carbocycles. The monoisotopic (exact) mass is 342 g/mol. The lowest BCUT2D eigenvalue weighted by Crippen LogP contribution is -2.13. The number of halogens is 1. The van der Waals surface area contributed by atoms with E-state index in [9.17, 15) is 14.3 Å². The lowest BCUT2D eigenvalue weighted by Gasteiger charge is -2.04. The molecule has 0 atom stereocenters. The van der Waals surface area contributed by atoms with Gasteiger partial charge < -0.3 is 15.5 Å². The number of aliphatic hydroxyl groups is 1. The van der Waals surface area contributed by atoms with Crippen LogP contribution in [0.4, 0.5) is 10.1 Å². The van der Waals surface area contributed by atoms with E-state index < -0.39 is 11.7 Å². The molecule has 128 valence electrons. The maximum absolute atomic E-state index is 12.9. The number of nitrogens with one attached hydrogen (secondary N) is 1. The van der Waals surface area contributed by atoms with Crippen molar-refractivity contribution in [1.29, 1.82) is 0 Å². The van der Waals surface area contributed by atoms with Crippen molar-refractivity contribution in [1.82, 2.24) is 14.8 Å². The molecule has 3 aromatic rings. The summed E-state index contributed by atoms with van der Waals surface area (Å²) in [4.78, 5) is 16.1. The van der Waals surface area contributed by atoms with Gasteiger partial charge in [0.05, 0.1) is 6.20 Å². The molecule has 0 aliphatic heterocycles. The third-order valence-corrected chi connectivity index (χ3v) is 3.46. The second-order valence-corrected chi connectivity index (χ2v) is 5.26. The largest absolute Gasteiger partial charge is 0.493 e. The maximum Gasteiger partial charge on any atom is 0.276 e. The Bertz CT molecular complexity index is 876. The van der Waals surface area contributed by atoms with Crippen LogP contribution in [0.5, 0.6) is 5.88 Å². The number of benzene rings is 1. The van der Waals surface area contributed by atoms with Crippen LogP contribution in [0, 0.1) is 5.82 Å². The number of aliphatic hydroxyl groups excluding tert-OH is 1. The molecular formula is C17H15FN4O3. The summed E-state index contributed by atoms with van der Waals surface area (Å²) in [6.07, 6.45) is 1.53. The van der Waals surface area contributed by atoms with Gasteiger partial charge in [-0.1, -0.05) is 12.1 Å². The Kier molecular flexibility index (Phi) is 4.71. The van der Waals surface area contributed by atoms with Crippen LogP contribution in [-0.4, -0.2) is 37.5 Å². The predicted molar refractivity (Wildman–Crippen MR) is 88.2 cm³/mol. The molecule has 1 amide bonds. The molecule has 25 heavy (non-hydrogen) atoms. The smallest absolute Gasteiger partial charge is 0.276 e. The van der Waals surface area contributed by atoms with Gasteiger partial charge >= 0.3 is 0 Å². The second kappa shape index (κ2) is 7.10. The molecule has 0 spiro atoms. The van der Waals surface area contributed by atoms with Crippen LogP contribution in [0.3, 0.4) is 0 Å². The van der Waals surface area contributed by atoms with Crippen molar-refractivity contribution < 1.29 is 19.4 Å². The van der Waals surface area contributed by atoms with Crippen LogP contribution in [0.1, 0.15) is 16.1 Å². The van der Waals surface area contributed by atoms with E-state index in [4.69, 9.17) is 5.11 Å². The Morgan fingerprint density at radius 2 is 1.96 bits per heavy atom. The number of hydrogen-bond donors (Lipinski definition) is 3. The van der Waals surface area contributed by atoms with Gasteiger partial charge in [0, 0.05) is 18.4 Å². The van der Waals surface area contributed by atoms with Gasteiger partial charge in [-0.3, -0.25) is 4.79 Å². The van der Waals surface area contributed by atoms with Crippen molar-refractivity contribution in [3.63, 3.8) is 0 Å². The summed E-state index contributed by atoms with van der Waals surface area (Å²) in [6.45, 7) is 0.0554. The molecule has 0 fully saturated rings. The number of carbonyl (C=O) groups is 1. The average molecular weight is 342 g/mol. The minimum Gasteiger partial charge on any atom is -0.493 e. The SMILES string of the molecule is O=C(Nc1ccc(CCO)cc1)c1cc(O)n(-c2ccc(F)cn2)n1. The van der Waals surface area contributed by atoms with Crippen molar-refractivity contribution in [3.05, 3.63) is 65.7 Å². The van der Waals surface area contributed by atoms with Gasteiger partial charge in [0.15, 0.2) is 11.5 Å². The van der Waals surface area contributed by atoms with Crippen molar-refractivity contribution in [2.24, 2.45) is 0 Å². The van der Waals surface area contributed by atoms with Crippen molar-refractivity contribution >= 4 is 11.6 Å². The molecule has 0 saturated heterocycles. The Morgan fingerprint density at radius 3 is 2.60 bits per heavy atom. The standard InChI is InChI=1S/C17H15FN4O3/c18-12-3-6-15(19-10-12)22-16(24)9-14(21-22)17(25)20-13-4-1-11(2-5-13)7-8-23/h1-6,9-10,23-24H,7-8H2,(H,20,25).